The summed E-state index contributed by atoms with van der Waals surface area (Å²) < 4.78 is 5.43. The van der Waals surface area contributed by atoms with Crippen LogP contribution in [0.4, 0.5) is 4.79 Å². The highest BCUT2D eigenvalue weighted by molar-refractivity contribution is 5.92. The molecule has 3 N–H and O–H groups in total. The number of unbranched alkanes of at least 4 members (excludes halogenated alkanes) is 1. The first kappa shape index (κ1) is 31.3. The Morgan fingerprint density at radius 1 is 1.08 bits per heavy atom. The quantitative estimate of drug-likeness (QED) is 0.334. The lowest BCUT2D eigenvalue weighted by Gasteiger charge is -2.44. The second kappa shape index (κ2) is 13.5. The van der Waals surface area contributed by atoms with Gasteiger partial charge in [-0.15, -0.1) is 0 Å². The van der Waals surface area contributed by atoms with Crippen molar-refractivity contribution >= 4 is 17.9 Å². The van der Waals surface area contributed by atoms with Crippen molar-refractivity contribution in [2.45, 2.75) is 111 Å². The molecule has 2 atom stereocenters. The van der Waals surface area contributed by atoms with Gasteiger partial charge in [0.2, 0.25) is 11.8 Å². The molecule has 0 bridgehead atoms. The third kappa shape index (κ3) is 9.70. The first-order valence-electron chi connectivity index (χ1n) is 13.0. The summed E-state index contributed by atoms with van der Waals surface area (Å²) in [6.45, 7) is 17.5. The number of phenolic OH excluding ortho intramolecular Hbond substituents is 1. The van der Waals surface area contributed by atoms with Gasteiger partial charge in [-0.05, 0) is 77.5 Å². The van der Waals surface area contributed by atoms with E-state index in [4.69, 9.17) is 4.74 Å². The first-order valence-corrected chi connectivity index (χ1v) is 13.0. The predicted octanol–water partition coefficient (Wildman–Crippen LogP) is 5.31. The molecule has 3 amide bonds. The molecular formula is C28H47N3O5. The highest BCUT2D eigenvalue weighted by atomic mass is 16.6. The smallest absolute Gasteiger partial charge is 0.408 e. The number of hydrogen-bond donors (Lipinski definition) is 3. The molecule has 36 heavy (non-hydrogen) atoms. The van der Waals surface area contributed by atoms with Gasteiger partial charge >= 0.3 is 6.09 Å². The van der Waals surface area contributed by atoms with Crippen LogP contribution in [-0.2, 0) is 14.3 Å². The molecule has 204 valence electrons. The second-order valence-corrected chi connectivity index (χ2v) is 11.3. The van der Waals surface area contributed by atoms with Crippen molar-refractivity contribution in [2.24, 2.45) is 5.92 Å². The van der Waals surface area contributed by atoms with Crippen LogP contribution >= 0.6 is 0 Å². The van der Waals surface area contributed by atoms with Crippen LogP contribution < -0.4 is 10.6 Å². The predicted molar refractivity (Wildman–Crippen MR) is 143 cm³/mol. The Morgan fingerprint density at radius 3 is 2.22 bits per heavy atom. The molecule has 0 aliphatic rings. The molecule has 8 heteroatoms. The molecule has 0 saturated heterocycles. The number of aromatic hydroxyl groups is 1. The molecule has 0 aromatic heterocycles. The van der Waals surface area contributed by atoms with E-state index in [1.54, 1.807) is 37.8 Å². The number of hydrogen-bond acceptors (Lipinski definition) is 5. The topological polar surface area (TPSA) is 108 Å². The number of alkyl carbamates (subject to hydrolysis) is 1. The number of carbonyl (C=O) groups excluding carboxylic acids is 3. The van der Waals surface area contributed by atoms with E-state index in [0.29, 0.717) is 24.9 Å². The molecule has 0 radical (unpaired) electrons. The zero-order valence-corrected chi connectivity index (χ0v) is 23.6. The molecule has 1 aromatic carbocycles. The zero-order valence-electron chi connectivity index (χ0n) is 23.6. The Morgan fingerprint density at radius 2 is 1.72 bits per heavy atom. The van der Waals surface area contributed by atoms with Crippen LogP contribution in [0.5, 0.6) is 5.75 Å². The lowest BCUT2D eigenvalue weighted by molar-refractivity contribution is -0.149. The molecule has 0 heterocycles. The molecule has 1 rings (SSSR count). The van der Waals surface area contributed by atoms with E-state index in [9.17, 15) is 19.5 Å². The number of carbonyl (C=O) groups is 3. The SMILES string of the molecule is CCCCNC(=O)C(c1cccc(O)c1)N(C(=O)C(CC(C)C)NC(=O)OC(C)(C)C)C(C)(C)CC. The maximum absolute atomic E-state index is 14.2. The normalized spacial score (nSPS) is 13.6. The Balaban J connectivity index is 3.59. The summed E-state index contributed by atoms with van der Waals surface area (Å²) >= 11 is 0. The van der Waals surface area contributed by atoms with Crippen molar-refractivity contribution in [3.05, 3.63) is 29.8 Å². The van der Waals surface area contributed by atoms with Gasteiger partial charge < -0.3 is 25.4 Å². The van der Waals surface area contributed by atoms with Gasteiger partial charge in [0.25, 0.3) is 0 Å². The van der Waals surface area contributed by atoms with Crippen LogP contribution in [0.25, 0.3) is 0 Å². The number of benzene rings is 1. The van der Waals surface area contributed by atoms with E-state index in [0.717, 1.165) is 12.8 Å². The summed E-state index contributed by atoms with van der Waals surface area (Å²) in [7, 11) is 0. The van der Waals surface area contributed by atoms with E-state index in [-0.39, 0.29) is 23.5 Å². The summed E-state index contributed by atoms with van der Waals surface area (Å²) in [4.78, 5) is 42.1. The summed E-state index contributed by atoms with van der Waals surface area (Å²) in [5, 5.41) is 15.9. The minimum absolute atomic E-state index is 0.00571. The van der Waals surface area contributed by atoms with E-state index in [2.05, 4.69) is 10.6 Å². The van der Waals surface area contributed by atoms with E-state index in [1.165, 1.54) is 12.1 Å². The molecular weight excluding hydrogens is 458 g/mol. The lowest BCUT2D eigenvalue weighted by atomic mass is 9.90. The molecule has 0 fully saturated rings. The van der Waals surface area contributed by atoms with Gasteiger partial charge in [-0.2, -0.15) is 0 Å². The minimum atomic E-state index is -0.994. The number of phenols is 1. The average molecular weight is 506 g/mol. The third-order valence-corrected chi connectivity index (χ3v) is 5.97. The monoisotopic (exact) mass is 505 g/mol. The summed E-state index contributed by atoms with van der Waals surface area (Å²) in [6.07, 6.45) is 1.98. The summed E-state index contributed by atoms with van der Waals surface area (Å²) in [5.74, 6) is -0.603. The van der Waals surface area contributed by atoms with Crippen molar-refractivity contribution in [1.82, 2.24) is 15.5 Å². The zero-order chi connectivity index (χ0) is 27.7. The maximum atomic E-state index is 14.2. The average Bonchev–Trinajstić information content (AvgIpc) is 2.74. The molecule has 0 aliphatic carbocycles. The molecule has 0 saturated carbocycles. The second-order valence-electron chi connectivity index (χ2n) is 11.3. The molecule has 0 aliphatic heterocycles. The fourth-order valence-electron chi connectivity index (χ4n) is 3.85. The van der Waals surface area contributed by atoms with Gasteiger partial charge in [-0.1, -0.05) is 46.2 Å². The Bertz CT molecular complexity index is 876. The maximum Gasteiger partial charge on any atom is 0.408 e. The largest absolute Gasteiger partial charge is 0.508 e. The van der Waals surface area contributed by atoms with Gasteiger partial charge in [0.1, 0.15) is 23.4 Å². The van der Waals surface area contributed by atoms with Crippen LogP contribution in [0, 0.1) is 5.92 Å². The minimum Gasteiger partial charge on any atom is -0.508 e. The van der Waals surface area contributed by atoms with Gasteiger partial charge in [0.05, 0.1) is 0 Å². The van der Waals surface area contributed by atoms with Crippen molar-refractivity contribution in [3.8, 4) is 5.75 Å². The summed E-state index contributed by atoms with van der Waals surface area (Å²) in [5.41, 5.74) is -0.958. The van der Waals surface area contributed by atoms with Crippen molar-refractivity contribution in [3.63, 3.8) is 0 Å². The number of rotatable bonds is 12. The molecule has 0 spiro atoms. The molecule has 2 unspecified atom stereocenters. The number of ether oxygens (including phenoxy) is 1. The molecule has 1 aromatic rings. The first-order chi connectivity index (χ1) is 16.6. The highest BCUT2D eigenvalue weighted by Crippen LogP contribution is 2.34. The van der Waals surface area contributed by atoms with Crippen LogP contribution in [0.3, 0.4) is 0 Å². The Kier molecular flexibility index (Phi) is 11.7. The molecule has 8 nitrogen and oxygen atoms in total. The van der Waals surface area contributed by atoms with Crippen LogP contribution in [0.1, 0.15) is 99.6 Å². The van der Waals surface area contributed by atoms with E-state index >= 15 is 0 Å². The Labute approximate surface area is 217 Å². The number of nitrogens with zero attached hydrogens (tertiary/aromatic N) is 1. The van der Waals surface area contributed by atoms with Crippen LogP contribution in [0.2, 0.25) is 0 Å². The number of nitrogens with one attached hydrogen (secondary N) is 2. The summed E-state index contributed by atoms with van der Waals surface area (Å²) in [6, 6.07) is 4.53. The van der Waals surface area contributed by atoms with Crippen molar-refractivity contribution in [1.29, 1.82) is 0 Å². The Hall–Kier alpha value is -2.77. The van der Waals surface area contributed by atoms with Gasteiger partial charge in [-0.25, -0.2) is 4.79 Å². The number of amides is 3. The van der Waals surface area contributed by atoms with Gasteiger partial charge in [0.15, 0.2) is 0 Å². The van der Waals surface area contributed by atoms with E-state index < -0.39 is 29.3 Å². The van der Waals surface area contributed by atoms with Gasteiger partial charge in [0, 0.05) is 12.1 Å². The van der Waals surface area contributed by atoms with E-state index in [1.807, 2.05) is 41.5 Å². The third-order valence-electron chi connectivity index (χ3n) is 5.97. The van der Waals surface area contributed by atoms with Gasteiger partial charge in [-0.3, -0.25) is 9.59 Å². The fourth-order valence-corrected chi connectivity index (χ4v) is 3.85. The van der Waals surface area contributed by atoms with Crippen molar-refractivity contribution in [2.75, 3.05) is 6.54 Å². The van der Waals surface area contributed by atoms with Crippen LogP contribution in [0.15, 0.2) is 24.3 Å². The fraction of sp³-hybridized carbons (Fsp3) is 0.679. The van der Waals surface area contributed by atoms with Crippen LogP contribution in [-0.4, -0.2) is 51.6 Å². The van der Waals surface area contributed by atoms with Crippen molar-refractivity contribution < 1.29 is 24.2 Å². The lowest BCUT2D eigenvalue weighted by Crippen LogP contribution is -2.59. The highest BCUT2D eigenvalue weighted by Gasteiger charge is 2.43. The standard InChI is InChI=1S/C28H47N3O5/c1-10-12-16-29-24(33)23(20-14-13-15-21(32)18-20)31(28(8,9)11-2)25(34)22(17-19(3)4)30-26(35)36-27(5,6)7/h13-15,18-19,22-23,32H,10-12,16-17H2,1-9H3,(H,29,33)(H,30,35).